The van der Waals surface area contributed by atoms with Crippen LogP contribution in [0, 0.1) is 5.92 Å². The van der Waals surface area contributed by atoms with Gasteiger partial charge in [-0.15, -0.1) is 0 Å². The molecule has 0 aromatic heterocycles. The molecule has 1 fully saturated rings. The fourth-order valence-corrected chi connectivity index (χ4v) is 2.81. The highest BCUT2D eigenvalue weighted by Gasteiger charge is 2.18. The first-order chi connectivity index (χ1) is 10.3. The molecule has 0 unspecified atom stereocenters. The molecule has 0 aliphatic heterocycles. The van der Waals surface area contributed by atoms with E-state index < -0.39 is 0 Å². The van der Waals surface area contributed by atoms with E-state index in [-0.39, 0.29) is 0 Å². The third-order valence-electron chi connectivity index (χ3n) is 4.20. The Morgan fingerprint density at radius 1 is 1.10 bits per heavy atom. The smallest absolute Gasteiger partial charge is 0.123 e. The van der Waals surface area contributed by atoms with Crippen molar-refractivity contribution in [3.05, 3.63) is 29.8 Å². The van der Waals surface area contributed by atoms with Crippen LogP contribution in [0.4, 0.5) is 0 Å². The number of rotatable bonds is 8. The van der Waals surface area contributed by atoms with E-state index in [1.54, 1.807) is 0 Å². The second kappa shape index (κ2) is 9.06. The van der Waals surface area contributed by atoms with Crippen LogP contribution in [-0.4, -0.2) is 25.9 Å². The highest BCUT2D eigenvalue weighted by atomic mass is 16.5. The van der Waals surface area contributed by atoms with Crippen molar-refractivity contribution in [3.8, 4) is 5.75 Å². The van der Waals surface area contributed by atoms with Crippen LogP contribution >= 0.6 is 0 Å². The monoisotopic (exact) mass is 291 g/mol. The van der Waals surface area contributed by atoms with E-state index in [1.165, 1.54) is 31.2 Å². The average Bonchev–Trinajstić information content (AvgIpc) is 2.52. The van der Waals surface area contributed by atoms with Gasteiger partial charge >= 0.3 is 0 Å². The van der Waals surface area contributed by atoms with Crippen molar-refractivity contribution in [2.45, 2.75) is 52.2 Å². The Bertz CT molecular complexity index is 400. The van der Waals surface area contributed by atoms with Gasteiger partial charge in [0.2, 0.25) is 0 Å². The van der Waals surface area contributed by atoms with Crippen molar-refractivity contribution in [3.63, 3.8) is 0 Å². The average molecular weight is 291 g/mol. The fourth-order valence-electron chi connectivity index (χ4n) is 2.81. The summed E-state index contributed by atoms with van der Waals surface area (Å²) in [5, 5.41) is 3.34. The molecule has 0 atom stereocenters. The number of ether oxygens (including phenoxy) is 2. The van der Waals surface area contributed by atoms with E-state index in [9.17, 15) is 0 Å². The second-order valence-corrected chi connectivity index (χ2v) is 5.99. The van der Waals surface area contributed by atoms with Crippen LogP contribution in [0.15, 0.2) is 24.3 Å². The summed E-state index contributed by atoms with van der Waals surface area (Å²) in [6, 6.07) is 8.23. The van der Waals surface area contributed by atoms with Gasteiger partial charge in [-0.1, -0.05) is 32.0 Å². The molecule has 3 heteroatoms. The molecule has 1 aliphatic carbocycles. The van der Waals surface area contributed by atoms with Gasteiger partial charge in [0.1, 0.15) is 12.4 Å². The molecule has 0 spiro atoms. The van der Waals surface area contributed by atoms with E-state index >= 15 is 0 Å². The molecule has 1 aromatic rings. The number of nitrogens with one attached hydrogen (secondary N) is 1. The summed E-state index contributed by atoms with van der Waals surface area (Å²) in [5.74, 6) is 1.85. The zero-order chi connectivity index (χ0) is 14.9. The molecule has 1 N–H and O–H groups in total. The molecule has 0 radical (unpaired) electrons. The lowest BCUT2D eigenvalue weighted by atomic mass is 9.89. The number of benzene rings is 1. The summed E-state index contributed by atoms with van der Waals surface area (Å²) in [6.07, 6.45) is 5.46. The van der Waals surface area contributed by atoms with Crippen LogP contribution in [-0.2, 0) is 11.3 Å². The lowest BCUT2D eigenvalue weighted by Crippen LogP contribution is -2.22. The Morgan fingerprint density at radius 2 is 1.86 bits per heavy atom. The van der Waals surface area contributed by atoms with E-state index in [2.05, 4.69) is 31.3 Å². The molecule has 0 saturated heterocycles. The summed E-state index contributed by atoms with van der Waals surface area (Å²) in [6.45, 7) is 7.60. The molecule has 0 amide bonds. The predicted octanol–water partition coefficient (Wildman–Crippen LogP) is 3.77. The van der Waals surface area contributed by atoms with Crippen molar-refractivity contribution in [1.82, 2.24) is 5.32 Å². The minimum atomic E-state index is 0.446. The van der Waals surface area contributed by atoms with Gasteiger partial charge in [0.05, 0.1) is 12.7 Å². The SMILES string of the molecule is CCNCc1ccccc1OCCOC1CCC(C)CC1. The Kier molecular flexibility index (Phi) is 7.04. The van der Waals surface area contributed by atoms with Gasteiger partial charge in [-0.05, 0) is 44.2 Å². The van der Waals surface area contributed by atoms with Gasteiger partial charge in [0, 0.05) is 12.1 Å². The minimum absolute atomic E-state index is 0.446. The standard InChI is InChI=1S/C18H29NO2/c1-3-19-14-16-6-4-5-7-18(16)21-13-12-20-17-10-8-15(2)9-11-17/h4-7,15,17,19H,3,8-14H2,1-2H3. The lowest BCUT2D eigenvalue weighted by molar-refractivity contribution is 0.00559. The van der Waals surface area contributed by atoms with E-state index in [1.807, 2.05) is 12.1 Å². The topological polar surface area (TPSA) is 30.5 Å². The number of para-hydroxylation sites is 1. The normalized spacial score (nSPS) is 22.2. The maximum Gasteiger partial charge on any atom is 0.123 e. The van der Waals surface area contributed by atoms with Crippen LogP contribution in [0.25, 0.3) is 0 Å². The molecular formula is C18H29NO2. The Balaban J connectivity index is 1.68. The van der Waals surface area contributed by atoms with Crippen LogP contribution in [0.1, 0.15) is 45.1 Å². The van der Waals surface area contributed by atoms with E-state index in [4.69, 9.17) is 9.47 Å². The Morgan fingerprint density at radius 3 is 2.62 bits per heavy atom. The maximum atomic E-state index is 5.93. The van der Waals surface area contributed by atoms with Gasteiger partial charge < -0.3 is 14.8 Å². The molecule has 0 bridgehead atoms. The summed E-state index contributed by atoms with van der Waals surface area (Å²) in [7, 11) is 0. The zero-order valence-electron chi connectivity index (χ0n) is 13.4. The first kappa shape index (κ1) is 16.3. The van der Waals surface area contributed by atoms with Crippen LogP contribution in [0.2, 0.25) is 0 Å². The quantitative estimate of drug-likeness (QED) is 0.740. The van der Waals surface area contributed by atoms with E-state index in [0.717, 1.165) is 24.8 Å². The molecule has 1 aliphatic rings. The highest BCUT2D eigenvalue weighted by Crippen LogP contribution is 2.25. The lowest BCUT2D eigenvalue weighted by Gasteiger charge is -2.26. The molecule has 1 saturated carbocycles. The van der Waals surface area contributed by atoms with Crippen molar-refractivity contribution in [2.24, 2.45) is 5.92 Å². The fraction of sp³-hybridized carbons (Fsp3) is 0.667. The van der Waals surface area contributed by atoms with Gasteiger partial charge in [0.25, 0.3) is 0 Å². The molecule has 2 rings (SSSR count). The van der Waals surface area contributed by atoms with Crippen molar-refractivity contribution in [1.29, 1.82) is 0 Å². The minimum Gasteiger partial charge on any atom is -0.491 e. The van der Waals surface area contributed by atoms with Gasteiger partial charge in [-0.2, -0.15) is 0 Å². The van der Waals surface area contributed by atoms with Crippen LogP contribution in [0.5, 0.6) is 5.75 Å². The molecule has 3 nitrogen and oxygen atoms in total. The number of hydrogen-bond acceptors (Lipinski definition) is 3. The predicted molar refractivity (Wildman–Crippen MR) is 86.7 cm³/mol. The summed E-state index contributed by atoms with van der Waals surface area (Å²) < 4.78 is 11.8. The van der Waals surface area contributed by atoms with Crippen molar-refractivity contribution >= 4 is 0 Å². The van der Waals surface area contributed by atoms with E-state index in [0.29, 0.717) is 19.3 Å². The third-order valence-corrected chi connectivity index (χ3v) is 4.20. The summed E-state index contributed by atoms with van der Waals surface area (Å²) in [4.78, 5) is 0. The van der Waals surface area contributed by atoms with Gasteiger partial charge in [0.15, 0.2) is 0 Å². The zero-order valence-corrected chi connectivity index (χ0v) is 13.4. The first-order valence-corrected chi connectivity index (χ1v) is 8.32. The van der Waals surface area contributed by atoms with Gasteiger partial charge in [-0.25, -0.2) is 0 Å². The summed E-state index contributed by atoms with van der Waals surface area (Å²) in [5.41, 5.74) is 1.21. The molecule has 1 aromatic carbocycles. The second-order valence-electron chi connectivity index (χ2n) is 5.99. The van der Waals surface area contributed by atoms with Crippen molar-refractivity contribution in [2.75, 3.05) is 19.8 Å². The molecule has 118 valence electrons. The maximum absolute atomic E-state index is 5.93. The first-order valence-electron chi connectivity index (χ1n) is 8.32. The largest absolute Gasteiger partial charge is 0.491 e. The van der Waals surface area contributed by atoms with Crippen molar-refractivity contribution < 1.29 is 9.47 Å². The Hall–Kier alpha value is -1.06. The molecule has 21 heavy (non-hydrogen) atoms. The Labute approximate surface area is 129 Å². The van der Waals surface area contributed by atoms with Gasteiger partial charge in [-0.3, -0.25) is 0 Å². The third kappa shape index (κ3) is 5.68. The van der Waals surface area contributed by atoms with Crippen LogP contribution < -0.4 is 10.1 Å². The highest BCUT2D eigenvalue weighted by molar-refractivity contribution is 5.33. The molecular weight excluding hydrogens is 262 g/mol. The van der Waals surface area contributed by atoms with Crippen LogP contribution in [0.3, 0.4) is 0 Å². The number of hydrogen-bond donors (Lipinski definition) is 1. The summed E-state index contributed by atoms with van der Waals surface area (Å²) >= 11 is 0. The molecule has 0 heterocycles.